The summed E-state index contributed by atoms with van der Waals surface area (Å²) in [6, 6.07) is 4.72. The molecule has 1 aliphatic heterocycles. The average molecular weight is 291 g/mol. The number of amides is 2. The van der Waals surface area contributed by atoms with Gasteiger partial charge in [-0.05, 0) is 25.0 Å². The lowest BCUT2D eigenvalue weighted by atomic mass is 10.2. The number of rotatable bonds is 5. The Kier molecular flexibility index (Phi) is 4.80. The van der Waals surface area contributed by atoms with Crippen LogP contribution in [0, 0.1) is 0 Å². The standard InChI is InChI=1S/C15H21N3O3/c1-3-11(16)15(20)17-10-6-7-12(13(9-10)21-2)18-8-4-5-14(18)19/h6-7,9,11H,3-5,8,16H2,1-2H3,(H,17,20)/t11-/m0/s1. The molecule has 1 saturated heterocycles. The predicted molar refractivity (Wildman–Crippen MR) is 81.5 cm³/mol. The molecule has 1 heterocycles. The van der Waals surface area contributed by atoms with Crippen LogP contribution in [-0.4, -0.2) is 31.5 Å². The lowest BCUT2D eigenvalue weighted by molar-refractivity contribution is -0.118. The van der Waals surface area contributed by atoms with Crippen molar-refractivity contribution in [1.82, 2.24) is 0 Å². The SMILES string of the molecule is CC[C@H](N)C(=O)Nc1ccc(N2CCCC2=O)c(OC)c1. The van der Waals surface area contributed by atoms with E-state index in [1.165, 1.54) is 0 Å². The van der Waals surface area contributed by atoms with Crippen molar-refractivity contribution in [2.75, 3.05) is 23.9 Å². The van der Waals surface area contributed by atoms with E-state index in [-0.39, 0.29) is 11.8 Å². The van der Waals surface area contributed by atoms with Crippen molar-refractivity contribution in [3.05, 3.63) is 18.2 Å². The number of nitrogens with zero attached hydrogens (tertiary/aromatic N) is 1. The Balaban J connectivity index is 2.20. The van der Waals surface area contributed by atoms with Gasteiger partial charge in [-0.1, -0.05) is 6.92 Å². The molecule has 1 atom stereocenters. The Morgan fingerprint density at radius 3 is 2.86 bits per heavy atom. The zero-order valence-corrected chi connectivity index (χ0v) is 12.4. The van der Waals surface area contributed by atoms with Crippen LogP contribution in [-0.2, 0) is 9.59 Å². The van der Waals surface area contributed by atoms with Gasteiger partial charge < -0.3 is 20.7 Å². The van der Waals surface area contributed by atoms with E-state index in [4.69, 9.17) is 10.5 Å². The van der Waals surface area contributed by atoms with Crippen molar-refractivity contribution in [1.29, 1.82) is 0 Å². The molecule has 21 heavy (non-hydrogen) atoms. The first kappa shape index (κ1) is 15.3. The Hall–Kier alpha value is -2.08. The summed E-state index contributed by atoms with van der Waals surface area (Å²) >= 11 is 0. The summed E-state index contributed by atoms with van der Waals surface area (Å²) in [6.45, 7) is 2.55. The number of benzene rings is 1. The third-order valence-electron chi connectivity index (χ3n) is 3.59. The molecule has 0 unspecified atom stereocenters. The maximum atomic E-state index is 11.8. The molecule has 6 nitrogen and oxygen atoms in total. The molecule has 114 valence electrons. The minimum atomic E-state index is -0.532. The molecule has 1 aliphatic rings. The van der Waals surface area contributed by atoms with E-state index in [2.05, 4.69) is 5.32 Å². The van der Waals surface area contributed by atoms with Gasteiger partial charge in [0, 0.05) is 24.7 Å². The van der Waals surface area contributed by atoms with Gasteiger partial charge in [-0.3, -0.25) is 9.59 Å². The molecule has 3 N–H and O–H groups in total. The zero-order valence-electron chi connectivity index (χ0n) is 12.4. The van der Waals surface area contributed by atoms with Crippen LogP contribution in [0.2, 0.25) is 0 Å². The maximum Gasteiger partial charge on any atom is 0.241 e. The van der Waals surface area contributed by atoms with Gasteiger partial charge in [0.15, 0.2) is 0 Å². The van der Waals surface area contributed by atoms with Crippen LogP contribution in [0.1, 0.15) is 26.2 Å². The van der Waals surface area contributed by atoms with E-state index in [0.717, 1.165) is 12.1 Å². The molecule has 2 amide bonds. The van der Waals surface area contributed by atoms with E-state index in [1.54, 1.807) is 30.2 Å². The van der Waals surface area contributed by atoms with Crippen molar-refractivity contribution in [3.63, 3.8) is 0 Å². The van der Waals surface area contributed by atoms with Crippen LogP contribution in [0.3, 0.4) is 0 Å². The number of hydrogen-bond acceptors (Lipinski definition) is 4. The quantitative estimate of drug-likeness (QED) is 0.861. The second kappa shape index (κ2) is 6.58. The molecule has 1 aromatic rings. The molecule has 1 fully saturated rings. The van der Waals surface area contributed by atoms with Crippen molar-refractivity contribution < 1.29 is 14.3 Å². The molecular formula is C15H21N3O3. The average Bonchev–Trinajstić information content (AvgIpc) is 2.92. The predicted octanol–water partition coefficient (Wildman–Crippen LogP) is 1.50. The van der Waals surface area contributed by atoms with E-state index in [1.807, 2.05) is 6.92 Å². The molecule has 0 bridgehead atoms. The largest absolute Gasteiger partial charge is 0.494 e. The van der Waals surface area contributed by atoms with E-state index in [9.17, 15) is 9.59 Å². The summed E-state index contributed by atoms with van der Waals surface area (Å²) in [5, 5.41) is 2.75. The van der Waals surface area contributed by atoms with Crippen LogP contribution in [0.5, 0.6) is 5.75 Å². The molecule has 1 aromatic carbocycles. The number of hydrogen-bond donors (Lipinski definition) is 2. The molecule has 0 radical (unpaired) electrons. The highest BCUT2D eigenvalue weighted by atomic mass is 16.5. The summed E-state index contributed by atoms with van der Waals surface area (Å²) in [4.78, 5) is 25.3. The highest BCUT2D eigenvalue weighted by Gasteiger charge is 2.24. The number of anilines is 2. The van der Waals surface area contributed by atoms with Gasteiger partial charge in [0.25, 0.3) is 0 Å². The Bertz CT molecular complexity index is 545. The first-order chi connectivity index (χ1) is 10.1. The Morgan fingerprint density at radius 2 is 2.29 bits per heavy atom. The molecule has 6 heteroatoms. The smallest absolute Gasteiger partial charge is 0.241 e. The molecule has 2 rings (SSSR count). The number of carbonyl (C=O) groups is 2. The number of nitrogens with one attached hydrogen (secondary N) is 1. The lowest BCUT2D eigenvalue weighted by Crippen LogP contribution is -2.34. The second-order valence-corrected chi connectivity index (χ2v) is 5.04. The first-order valence-electron chi connectivity index (χ1n) is 7.11. The van der Waals surface area contributed by atoms with Gasteiger partial charge in [-0.2, -0.15) is 0 Å². The summed E-state index contributed by atoms with van der Waals surface area (Å²) in [5.41, 5.74) is 7.03. The van der Waals surface area contributed by atoms with Crippen LogP contribution in [0.25, 0.3) is 0 Å². The molecule has 0 aliphatic carbocycles. The molecular weight excluding hydrogens is 270 g/mol. The summed E-state index contributed by atoms with van der Waals surface area (Å²) in [6.07, 6.45) is 1.99. The summed E-state index contributed by atoms with van der Waals surface area (Å²) < 4.78 is 5.34. The van der Waals surface area contributed by atoms with Gasteiger partial charge in [0.05, 0.1) is 18.8 Å². The highest BCUT2D eigenvalue weighted by molar-refractivity contribution is 5.98. The number of ether oxygens (including phenoxy) is 1. The fourth-order valence-corrected chi connectivity index (χ4v) is 2.30. The topological polar surface area (TPSA) is 84.7 Å². The van der Waals surface area contributed by atoms with E-state index >= 15 is 0 Å². The molecule has 0 spiro atoms. The fourth-order valence-electron chi connectivity index (χ4n) is 2.30. The fraction of sp³-hybridized carbons (Fsp3) is 0.467. The summed E-state index contributed by atoms with van der Waals surface area (Å²) in [7, 11) is 1.54. The number of carbonyl (C=O) groups excluding carboxylic acids is 2. The van der Waals surface area contributed by atoms with Gasteiger partial charge in [0.2, 0.25) is 11.8 Å². The van der Waals surface area contributed by atoms with Gasteiger partial charge in [-0.15, -0.1) is 0 Å². The monoisotopic (exact) mass is 291 g/mol. The van der Waals surface area contributed by atoms with Gasteiger partial charge in [0.1, 0.15) is 5.75 Å². The van der Waals surface area contributed by atoms with Crippen LogP contribution < -0.4 is 20.7 Å². The van der Waals surface area contributed by atoms with Crippen LogP contribution in [0.4, 0.5) is 11.4 Å². The minimum absolute atomic E-state index is 0.0955. The normalized spacial score (nSPS) is 16.0. The van der Waals surface area contributed by atoms with Gasteiger partial charge >= 0.3 is 0 Å². The summed E-state index contributed by atoms with van der Waals surface area (Å²) in [5.74, 6) is 0.427. The minimum Gasteiger partial charge on any atom is -0.494 e. The van der Waals surface area contributed by atoms with Crippen molar-refractivity contribution >= 4 is 23.2 Å². The molecule has 0 saturated carbocycles. The Labute approximate surface area is 124 Å². The highest BCUT2D eigenvalue weighted by Crippen LogP contribution is 2.33. The molecule has 0 aromatic heterocycles. The zero-order chi connectivity index (χ0) is 15.4. The van der Waals surface area contributed by atoms with E-state index in [0.29, 0.717) is 30.8 Å². The van der Waals surface area contributed by atoms with Crippen molar-refractivity contribution in [3.8, 4) is 5.75 Å². The van der Waals surface area contributed by atoms with Crippen molar-refractivity contribution in [2.24, 2.45) is 5.73 Å². The van der Waals surface area contributed by atoms with Crippen molar-refractivity contribution in [2.45, 2.75) is 32.2 Å². The van der Waals surface area contributed by atoms with Crippen LogP contribution in [0.15, 0.2) is 18.2 Å². The Morgan fingerprint density at radius 1 is 1.52 bits per heavy atom. The number of methoxy groups -OCH3 is 1. The van der Waals surface area contributed by atoms with Crippen LogP contribution >= 0.6 is 0 Å². The first-order valence-corrected chi connectivity index (χ1v) is 7.11. The van der Waals surface area contributed by atoms with E-state index < -0.39 is 6.04 Å². The lowest BCUT2D eigenvalue weighted by Gasteiger charge is -2.20. The third kappa shape index (κ3) is 3.33. The maximum absolute atomic E-state index is 11.8. The number of nitrogens with two attached hydrogens (primary N) is 1. The van der Waals surface area contributed by atoms with Gasteiger partial charge in [-0.25, -0.2) is 0 Å². The third-order valence-corrected chi connectivity index (χ3v) is 3.59. The second-order valence-electron chi connectivity index (χ2n) is 5.04.